The molecule has 0 aliphatic rings. The van der Waals surface area contributed by atoms with Crippen LogP contribution in [0.15, 0.2) is 6.33 Å². The van der Waals surface area contributed by atoms with Crippen molar-refractivity contribution in [3.05, 3.63) is 17.4 Å². The van der Waals surface area contributed by atoms with E-state index >= 15 is 0 Å². The third-order valence-corrected chi connectivity index (χ3v) is 1.80. The molecule has 0 aliphatic carbocycles. The molecule has 7 heteroatoms. The summed E-state index contributed by atoms with van der Waals surface area (Å²) in [5.41, 5.74) is 0. The summed E-state index contributed by atoms with van der Waals surface area (Å²) in [6.45, 7) is 1.74. The van der Waals surface area contributed by atoms with Crippen LogP contribution in [0.3, 0.4) is 0 Å². The molecule has 0 amide bonds. The van der Waals surface area contributed by atoms with Crippen molar-refractivity contribution in [2.75, 3.05) is 0 Å². The number of hydrogen-bond donors (Lipinski definition) is 0. The van der Waals surface area contributed by atoms with Crippen LogP contribution in [-0.2, 0) is 7.05 Å². The molecule has 0 aromatic carbocycles. The van der Waals surface area contributed by atoms with E-state index < -0.39 is 0 Å². The molecular formula is C7H7ClN6. The van der Waals surface area contributed by atoms with E-state index in [-0.39, 0.29) is 5.28 Å². The Balaban J connectivity index is 2.57. The Kier molecular flexibility index (Phi) is 2.12. The second-order valence-corrected chi connectivity index (χ2v) is 3.08. The Labute approximate surface area is 85.0 Å². The van der Waals surface area contributed by atoms with Crippen molar-refractivity contribution < 1.29 is 0 Å². The minimum Gasteiger partial charge on any atom is -0.314 e. The van der Waals surface area contributed by atoms with Gasteiger partial charge in [-0.25, -0.2) is 9.97 Å². The van der Waals surface area contributed by atoms with E-state index in [9.17, 15) is 0 Å². The molecule has 0 aliphatic heterocycles. The second-order valence-electron chi connectivity index (χ2n) is 2.74. The molecule has 72 valence electrons. The standard InChI is InChI=1S/C7H7ClN6/c1-4-10-5(12-7(8)11-4)6-13-9-3-14(6)2/h3H,1-2H3. The van der Waals surface area contributed by atoms with Gasteiger partial charge in [0, 0.05) is 7.05 Å². The maximum Gasteiger partial charge on any atom is 0.226 e. The van der Waals surface area contributed by atoms with Crippen LogP contribution in [0.1, 0.15) is 5.82 Å². The van der Waals surface area contributed by atoms with Gasteiger partial charge in [0.25, 0.3) is 0 Å². The van der Waals surface area contributed by atoms with Crippen molar-refractivity contribution in [1.82, 2.24) is 29.7 Å². The van der Waals surface area contributed by atoms with E-state index in [1.807, 2.05) is 7.05 Å². The van der Waals surface area contributed by atoms with E-state index in [2.05, 4.69) is 25.1 Å². The van der Waals surface area contributed by atoms with Crippen LogP contribution in [-0.4, -0.2) is 29.7 Å². The molecule has 0 saturated carbocycles. The van der Waals surface area contributed by atoms with Crippen molar-refractivity contribution in [1.29, 1.82) is 0 Å². The van der Waals surface area contributed by atoms with Crippen LogP contribution in [0.4, 0.5) is 0 Å². The first-order valence-electron chi connectivity index (χ1n) is 3.89. The first kappa shape index (κ1) is 9.01. The summed E-state index contributed by atoms with van der Waals surface area (Å²) in [4.78, 5) is 11.9. The minimum atomic E-state index is 0.163. The van der Waals surface area contributed by atoms with Crippen LogP contribution in [0.2, 0.25) is 5.28 Å². The zero-order chi connectivity index (χ0) is 10.1. The molecule has 0 fully saturated rings. The lowest BCUT2D eigenvalue weighted by atomic mass is 10.5. The molecule has 2 heterocycles. The van der Waals surface area contributed by atoms with Gasteiger partial charge in [-0.15, -0.1) is 10.2 Å². The van der Waals surface area contributed by atoms with Gasteiger partial charge in [-0.05, 0) is 18.5 Å². The minimum absolute atomic E-state index is 0.163. The topological polar surface area (TPSA) is 69.4 Å². The highest BCUT2D eigenvalue weighted by Gasteiger charge is 2.09. The monoisotopic (exact) mass is 210 g/mol. The summed E-state index contributed by atoms with van der Waals surface area (Å²) in [6, 6.07) is 0. The van der Waals surface area contributed by atoms with Gasteiger partial charge in [-0.2, -0.15) is 4.98 Å². The zero-order valence-corrected chi connectivity index (χ0v) is 8.39. The first-order valence-corrected chi connectivity index (χ1v) is 4.27. The molecule has 0 saturated heterocycles. The van der Waals surface area contributed by atoms with Gasteiger partial charge in [0.15, 0.2) is 0 Å². The lowest BCUT2D eigenvalue weighted by molar-refractivity contribution is 0.886. The molecule has 2 aromatic heterocycles. The Morgan fingerprint density at radius 1 is 1.29 bits per heavy atom. The second kappa shape index (κ2) is 3.30. The molecule has 2 aromatic rings. The average molecular weight is 211 g/mol. The van der Waals surface area contributed by atoms with Gasteiger partial charge in [0.1, 0.15) is 12.2 Å². The molecule has 6 nitrogen and oxygen atoms in total. The van der Waals surface area contributed by atoms with Gasteiger partial charge < -0.3 is 4.57 Å². The Morgan fingerprint density at radius 3 is 2.64 bits per heavy atom. The first-order chi connectivity index (χ1) is 6.66. The van der Waals surface area contributed by atoms with E-state index in [4.69, 9.17) is 11.6 Å². The maximum atomic E-state index is 5.70. The van der Waals surface area contributed by atoms with E-state index in [1.54, 1.807) is 17.8 Å². The summed E-state index contributed by atoms with van der Waals surface area (Å²) < 4.78 is 1.71. The maximum absolute atomic E-state index is 5.70. The molecule has 0 radical (unpaired) electrons. The number of hydrogen-bond acceptors (Lipinski definition) is 5. The van der Waals surface area contributed by atoms with Crippen molar-refractivity contribution in [2.24, 2.45) is 7.05 Å². The Bertz CT molecular complexity index is 445. The zero-order valence-electron chi connectivity index (χ0n) is 7.64. The van der Waals surface area contributed by atoms with Gasteiger partial charge in [0.05, 0.1) is 0 Å². The third kappa shape index (κ3) is 1.56. The average Bonchev–Trinajstić information content (AvgIpc) is 2.49. The highest BCUT2D eigenvalue weighted by molar-refractivity contribution is 6.28. The van der Waals surface area contributed by atoms with Crippen LogP contribution >= 0.6 is 11.6 Å². The fraction of sp³-hybridized carbons (Fsp3) is 0.286. The molecule has 2 rings (SSSR count). The quantitative estimate of drug-likeness (QED) is 0.691. The third-order valence-electron chi connectivity index (χ3n) is 1.63. The Morgan fingerprint density at radius 2 is 2.07 bits per heavy atom. The van der Waals surface area contributed by atoms with Crippen LogP contribution in [0.25, 0.3) is 11.6 Å². The van der Waals surface area contributed by atoms with Crippen molar-refractivity contribution >= 4 is 11.6 Å². The van der Waals surface area contributed by atoms with E-state index in [1.165, 1.54) is 0 Å². The molecule has 0 spiro atoms. The van der Waals surface area contributed by atoms with Gasteiger partial charge in [0.2, 0.25) is 16.9 Å². The molecule has 14 heavy (non-hydrogen) atoms. The summed E-state index contributed by atoms with van der Waals surface area (Å²) in [6.07, 6.45) is 1.57. The number of aromatic nitrogens is 6. The van der Waals surface area contributed by atoms with Gasteiger partial charge in [-0.3, -0.25) is 0 Å². The number of nitrogens with zero attached hydrogens (tertiary/aromatic N) is 6. The summed E-state index contributed by atoms with van der Waals surface area (Å²) >= 11 is 5.70. The molecule has 0 unspecified atom stereocenters. The van der Waals surface area contributed by atoms with Crippen molar-refractivity contribution in [3.8, 4) is 11.6 Å². The molecular weight excluding hydrogens is 204 g/mol. The van der Waals surface area contributed by atoms with E-state index in [0.717, 1.165) is 0 Å². The molecule has 0 bridgehead atoms. The lowest BCUT2D eigenvalue weighted by Gasteiger charge is -1.99. The van der Waals surface area contributed by atoms with Crippen molar-refractivity contribution in [3.63, 3.8) is 0 Å². The van der Waals surface area contributed by atoms with Crippen LogP contribution in [0, 0.1) is 6.92 Å². The van der Waals surface area contributed by atoms with Crippen LogP contribution < -0.4 is 0 Å². The fourth-order valence-electron chi connectivity index (χ4n) is 1.03. The highest BCUT2D eigenvalue weighted by Crippen LogP contribution is 2.11. The van der Waals surface area contributed by atoms with Crippen molar-refractivity contribution in [2.45, 2.75) is 6.92 Å². The normalized spacial score (nSPS) is 10.5. The smallest absolute Gasteiger partial charge is 0.226 e. The largest absolute Gasteiger partial charge is 0.314 e. The van der Waals surface area contributed by atoms with Gasteiger partial charge in [-0.1, -0.05) is 0 Å². The predicted molar refractivity (Wildman–Crippen MR) is 49.6 cm³/mol. The summed E-state index contributed by atoms with van der Waals surface area (Å²) in [5, 5.41) is 7.76. The van der Waals surface area contributed by atoms with Crippen LogP contribution in [0.5, 0.6) is 0 Å². The summed E-state index contributed by atoms with van der Waals surface area (Å²) in [7, 11) is 1.81. The number of halogens is 1. The Hall–Kier alpha value is -1.56. The molecule has 0 atom stereocenters. The SMILES string of the molecule is Cc1nc(Cl)nc(-c2nncn2C)n1. The lowest BCUT2D eigenvalue weighted by Crippen LogP contribution is -2.00. The van der Waals surface area contributed by atoms with Gasteiger partial charge >= 0.3 is 0 Å². The number of aryl methyl sites for hydroxylation is 2. The molecule has 0 N–H and O–H groups in total. The highest BCUT2D eigenvalue weighted by atomic mass is 35.5. The fourth-order valence-corrected chi connectivity index (χ4v) is 1.24. The predicted octanol–water partition coefficient (Wildman–Crippen LogP) is 0.629. The number of rotatable bonds is 1. The van der Waals surface area contributed by atoms with E-state index in [0.29, 0.717) is 17.5 Å². The summed E-state index contributed by atoms with van der Waals surface area (Å²) in [5.74, 6) is 1.56.